The molecule has 0 aromatic heterocycles. The molecule has 0 bridgehead atoms. The maximum absolute atomic E-state index is 6.17. The standard InChI is InChI=1S/C17H28O2/c1-14-9-5-7-12(16(14,3)18-14)11-13-8-6-10-15(2)17(13,4)19-15/h12-13H,5-11H2,1-4H3. The number of hydrogen-bond acceptors (Lipinski definition) is 2. The van der Waals surface area contributed by atoms with Crippen LogP contribution in [0.1, 0.15) is 72.6 Å². The van der Waals surface area contributed by atoms with Gasteiger partial charge in [0.25, 0.3) is 0 Å². The van der Waals surface area contributed by atoms with Crippen LogP contribution in [0.3, 0.4) is 0 Å². The molecule has 2 heterocycles. The molecular formula is C17H28O2. The zero-order valence-corrected chi connectivity index (χ0v) is 12.9. The monoisotopic (exact) mass is 264 g/mol. The quantitative estimate of drug-likeness (QED) is 0.702. The van der Waals surface area contributed by atoms with Gasteiger partial charge < -0.3 is 9.47 Å². The zero-order valence-electron chi connectivity index (χ0n) is 12.9. The SMILES string of the molecule is CC12CCCC(CC3CCCC4(C)OC34C)C1(C)O2. The van der Waals surface area contributed by atoms with Crippen LogP contribution in [0.5, 0.6) is 0 Å². The van der Waals surface area contributed by atoms with Crippen molar-refractivity contribution >= 4 is 0 Å². The fourth-order valence-corrected chi connectivity index (χ4v) is 5.46. The molecule has 0 aromatic rings. The lowest BCUT2D eigenvalue weighted by atomic mass is 9.65. The van der Waals surface area contributed by atoms with Crippen LogP contribution in [-0.4, -0.2) is 22.4 Å². The molecule has 108 valence electrons. The Balaban J connectivity index is 1.50. The minimum absolute atomic E-state index is 0.171. The maximum Gasteiger partial charge on any atom is 0.0977 e. The summed E-state index contributed by atoms with van der Waals surface area (Å²) < 4.78 is 12.3. The van der Waals surface area contributed by atoms with Gasteiger partial charge in [-0.05, 0) is 71.6 Å². The summed E-state index contributed by atoms with van der Waals surface area (Å²) in [7, 11) is 0. The number of rotatable bonds is 2. The number of epoxide rings is 2. The van der Waals surface area contributed by atoms with Crippen molar-refractivity contribution in [3.05, 3.63) is 0 Å². The number of fused-ring (bicyclic) bond motifs is 2. The zero-order chi connectivity index (χ0) is 13.5. The normalized spacial score (nSPS) is 63.2. The van der Waals surface area contributed by atoms with Crippen LogP contribution in [0.25, 0.3) is 0 Å². The lowest BCUT2D eigenvalue weighted by molar-refractivity contribution is 0.140. The van der Waals surface area contributed by atoms with Gasteiger partial charge in [-0.3, -0.25) is 0 Å². The second-order valence-corrected chi connectivity index (χ2v) is 8.29. The van der Waals surface area contributed by atoms with E-state index >= 15 is 0 Å². The predicted molar refractivity (Wildman–Crippen MR) is 75.1 cm³/mol. The molecule has 0 aromatic carbocycles. The summed E-state index contributed by atoms with van der Waals surface area (Å²) in [5.41, 5.74) is 0.729. The Hall–Kier alpha value is -0.0800. The minimum atomic E-state index is 0.171. The molecule has 6 unspecified atom stereocenters. The number of hydrogen-bond donors (Lipinski definition) is 0. The third-order valence-corrected chi connectivity index (χ3v) is 7.43. The van der Waals surface area contributed by atoms with Crippen molar-refractivity contribution in [2.75, 3.05) is 0 Å². The average molecular weight is 264 g/mol. The highest BCUT2D eigenvalue weighted by atomic mass is 16.6. The molecule has 2 saturated heterocycles. The first-order valence-corrected chi connectivity index (χ1v) is 8.23. The van der Waals surface area contributed by atoms with Crippen LogP contribution in [0.4, 0.5) is 0 Å². The van der Waals surface area contributed by atoms with E-state index in [1.54, 1.807) is 0 Å². The summed E-state index contributed by atoms with van der Waals surface area (Å²) in [5, 5.41) is 0. The Morgan fingerprint density at radius 2 is 1.21 bits per heavy atom. The first-order chi connectivity index (χ1) is 8.83. The van der Waals surface area contributed by atoms with E-state index in [-0.39, 0.29) is 22.4 Å². The Morgan fingerprint density at radius 1 is 0.789 bits per heavy atom. The lowest BCUT2D eigenvalue weighted by Gasteiger charge is -2.35. The molecule has 19 heavy (non-hydrogen) atoms. The van der Waals surface area contributed by atoms with Crippen molar-refractivity contribution in [3.8, 4) is 0 Å². The first kappa shape index (κ1) is 12.6. The van der Waals surface area contributed by atoms with E-state index in [0.29, 0.717) is 0 Å². The third kappa shape index (κ3) is 1.45. The minimum Gasteiger partial charge on any atom is -0.363 e. The van der Waals surface area contributed by atoms with Crippen molar-refractivity contribution in [2.24, 2.45) is 11.8 Å². The van der Waals surface area contributed by atoms with E-state index in [1.165, 1.54) is 44.9 Å². The highest BCUT2D eigenvalue weighted by molar-refractivity contribution is 5.20. The van der Waals surface area contributed by atoms with Gasteiger partial charge in [-0.15, -0.1) is 0 Å². The van der Waals surface area contributed by atoms with Crippen molar-refractivity contribution in [1.29, 1.82) is 0 Å². The van der Waals surface area contributed by atoms with Gasteiger partial charge in [0.2, 0.25) is 0 Å². The van der Waals surface area contributed by atoms with Gasteiger partial charge in [0.1, 0.15) is 0 Å². The summed E-state index contributed by atoms with van der Waals surface area (Å²) in [5.74, 6) is 1.50. The Kier molecular flexibility index (Phi) is 2.25. The molecule has 2 nitrogen and oxygen atoms in total. The molecule has 2 aliphatic carbocycles. The molecule has 6 atom stereocenters. The van der Waals surface area contributed by atoms with Gasteiger partial charge in [0.15, 0.2) is 0 Å². The van der Waals surface area contributed by atoms with Crippen LogP contribution in [0.2, 0.25) is 0 Å². The summed E-state index contributed by atoms with van der Waals surface area (Å²) in [6, 6.07) is 0. The van der Waals surface area contributed by atoms with Crippen molar-refractivity contribution in [2.45, 2.75) is 95.0 Å². The molecule has 0 N–H and O–H groups in total. The van der Waals surface area contributed by atoms with E-state index in [4.69, 9.17) is 9.47 Å². The maximum atomic E-state index is 6.17. The Morgan fingerprint density at radius 3 is 1.63 bits per heavy atom. The fraction of sp³-hybridized carbons (Fsp3) is 1.00. The molecule has 2 saturated carbocycles. The van der Waals surface area contributed by atoms with Gasteiger partial charge in [-0.1, -0.05) is 12.8 Å². The van der Waals surface area contributed by atoms with Crippen LogP contribution in [-0.2, 0) is 9.47 Å². The van der Waals surface area contributed by atoms with Gasteiger partial charge in [-0.2, -0.15) is 0 Å². The summed E-state index contributed by atoms with van der Waals surface area (Å²) >= 11 is 0. The van der Waals surface area contributed by atoms with Crippen molar-refractivity contribution in [3.63, 3.8) is 0 Å². The Labute approximate surface area is 117 Å². The second kappa shape index (κ2) is 3.39. The van der Waals surface area contributed by atoms with E-state index < -0.39 is 0 Å². The second-order valence-electron chi connectivity index (χ2n) is 8.29. The van der Waals surface area contributed by atoms with Crippen LogP contribution < -0.4 is 0 Å². The van der Waals surface area contributed by atoms with E-state index in [2.05, 4.69) is 27.7 Å². The molecule has 4 rings (SSSR count). The van der Waals surface area contributed by atoms with Gasteiger partial charge in [0.05, 0.1) is 22.4 Å². The van der Waals surface area contributed by atoms with Crippen LogP contribution in [0, 0.1) is 11.8 Å². The smallest absolute Gasteiger partial charge is 0.0977 e. The molecule has 2 heteroatoms. The highest BCUT2D eigenvalue weighted by Gasteiger charge is 2.71. The first-order valence-electron chi connectivity index (χ1n) is 8.23. The molecule has 4 aliphatic rings. The Bertz CT molecular complexity index is 383. The molecule has 0 amide bonds. The largest absolute Gasteiger partial charge is 0.363 e. The topological polar surface area (TPSA) is 25.1 Å². The predicted octanol–water partition coefficient (Wildman–Crippen LogP) is 4.07. The average Bonchev–Trinajstić information content (AvgIpc) is 3.10. The third-order valence-electron chi connectivity index (χ3n) is 7.43. The van der Waals surface area contributed by atoms with Gasteiger partial charge in [-0.25, -0.2) is 0 Å². The molecular weight excluding hydrogens is 236 g/mol. The van der Waals surface area contributed by atoms with E-state index in [9.17, 15) is 0 Å². The van der Waals surface area contributed by atoms with Crippen LogP contribution >= 0.6 is 0 Å². The highest BCUT2D eigenvalue weighted by Crippen LogP contribution is 2.65. The van der Waals surface area contributed by atoms with E-state index in [1.807, 2.05) is 0 Å². The molecule has 2 aliphatic heterocycles. The van der Waals surface area contributed by atoms with Gasteiger partial charge >= 0.3 is 0 Å². The lowest BCUT2D eigenvalue weighted by Crippen LogP contribution is -2.39. The van der Waals surface area contributed by atoms with Gasteiger partial charge in [0, 0.05) is 0 Å². The summed E-state index contributed by atoms with van der Waals surface area (Å²) in [6.07, 6.45) is 9.24. The molecule has 4 fully saturated rings. The summed E-state index contributed by atoms with van der Waals surface area (Å²) in [4.78, 5) is 0. The molecule has 0 spiro atoms. The van der Waals surface area contributed by atoms with Crippen molar-refractivity contribution in [1.82, 2.24) is 0 Å². The number of ether oxygens (including phenoxy) is 2. The summed E-state index contributed by atoms with van der Waals surface area (Å²) in [6.45, 7) is 9.35. The van der Waals surface area contributed by atoms with Crippen molar-refractivity contribution < 1.29 is 9.47 Å². The fourth-order valence-electron chi connectivity index (χ4n) is 5.46. The van der Waals surface area contributed by atoms with E-state index in [0.717, 1.165) is 11.8 Å². The molecule has 0 radical (unpaired) electrons. The van der Waals surface area contributed by atoms with Crippen LogP contribution in [0.15, 0.2) is 0 Å².